The molecule has 1 N–H and O–H groups in total. The molecule has 1 aliphatic heterocycles. The van der Waals surface area contributed by atoms with E-state index in [2.05, 4.69) is 53.4 Å². The molecule has 1 aliphatic rings. The van der Waals surface area contributed by atoms with Gasteiger partial charge in [-0.2, -0.15) is 4.98 Å². The van der Waals surface area contributed by atoms with Gasteiger partial charge in [-0.1, -0.05) is 11.2 Å². The van der Waals surface area contributed by atoms with Gasteiger partial charge in [-0.05, 0) is 44.2 Å². The van der Waals surface area contributed by atoms with Gasteiger partial charge >= 0.3 is 0 Å². The Balaban J connectivity index is 1.53. The summed E-state index contributed by atoms with van der Waals surface area (Å²) in [6, 6.07) is 6.30. The first kappa shape index (κ1) is 16.0. The predicted octanol–water partition coefficient (Wildman–Crippen LogP) is 1.88. The number of nitrogens with one attached hydrogen (secondary N) is 1. The number of likely N-dealkylation sites (N-methyl/N-ethyl adjacent to an activating group) is 1. The van der Waals surface area contributed by atoms with Crippen molar-refractivity contribution in [2.75, 3.05) is 33.3 Å². The zero-order chi connectivity index (χ0) is 16.2. The molecular weight excluding hydrogens is 292 g/mol. The van der Waals surface area contributed by atoms with Crippen molar-refractivity contribution < 1.29 is 9.26 Å². The molecule has 2 aromatic rings. The number of rotatable bonds is 5. The standard InChI is InChI=1S/C17H24N4O2/c1-12-4-5-14(10-13(12)2)22-9-6-16-19-17(20-23-16)15-11-18-7-8-21(15)3/h4-5,10,15,18H,6-9,11H2,1-3H3. The molecule has 1 aromatic carbocycles. The number of piperazine rings is 1. The van der Waals surface area contributed by atoms with Crippen LogP contribution in [0.3, 0.4) is 0 Å². The maximum Gasteiger partial charge on any atom is 0.230 e. The first-order valence-corrected chi connectivity index (χ1v) is 8.07. The minimum atomic E-state index is 0.182. The third-order valence-electron chi connectivity index (χ3n) is 4.36. The van der Waals surface area contributed by atoms with Crippen LogP contribution in [0.1, 0.15) is 28.9 Å². The van der Waals surface area contributed by atoms with E-state index in [4.69, 9.17) is 9.26 Å². The van der Waals surface area contributed by atoms with Gasteiger partial charge in [0.1, 0.15) is 5.75 Å². The summed E-state index contributed by atoms with van der Waals surface area (Å²) in [4.78, 5) is 6.75. The lowest BCUT2D eigenvalue weighted by Crippen LogP contribution is -2.44. The molecular formula is C17H24N4O2. The predicted molar refractivity (Wildman–Crippen MR) is 87.7 cm³/mol. The molecule has 1 unspecified atom stereocenters. The molecule has 2 heterocycles. The molecule has 0 radical (unpaired) electrons. The highest BCUT2D eigenvalue weighted by Gasteiger charge is 2.25. The molecule has 3 rings (SSSR count). The second kappa shape index (κ2) is 7.10. The van der Waals surface area contributed by atoms with Crippen LogP contribution in [0, 0.1) is 13.8 Å². The molecule has 1 atom stereocenters. The molecule has 0 spiro atoms. The van der Waals surface area contributed by atoms with E-state index in [0.29, 0.717) is 18.9 Å². The number of aryl methyl sites for hydroxylation is 2. The maximum absolute atomic E-state index is 5.77. The lowest BCUT2D eigenvalue weighted by molar-refractivity contribution is 0.190. The van der Waals surface area contributed by atoms with Gasteiger partial charge in [0.2, 0.25) is 5.89 Å². The fraction of sp³-hybridized carbons (Fsp3) is 0.529. The average Bonchev–Trinajstić information content (AvgIpc) is 3.00. The second-order valence-corrected chi connectivity index (χ2v) is 6.09. The molecule has 6 nitrogen and oxygen atoms in total. The highest BCUT2D eigenvalue weighted by Crippen LogP contribution is 2.19. The van der Waals surface area contributed by atoms with Crippen LogP contribution in [0.15, 0.2) is 22.7 Å². The molecule has 1 saturated heterocycles. The second-order valence-electron chi connectivity index (χ2n) is 6.09. The molecule has 1 fully saturated rings. The number of hydrogen-bond acceptors (Lipinski definition) is 6. The zero-order valence-corrected chi connectivity index (χ0v) is 14.0. The van der Waals surface area contributed by atoms with Gasteiger partial charge in [-0.25, -0.2) is 0 Å². The number of nitrogens with zero attached hydrogens (tertiary/aromatic N) is 3. The van der Waals surface area contributed by atoms with Crippen molar-refractivity contribution in [3.05, 3.63) is 41.0 Å². The van der Waals surface area contributed by atoms with Crippen molar-refractivity contribution in [1.82, 2.24) is 20.4 Å². The first-order chi connectivity index (χ1) is 11.1. The Hall–Kier alpha value is -1.92. The summed E-state index contributed by atoms with van der Waals surface area (Å²) in [5, 5.41) is 7.48. The van der Waals surface area contributed by atoms with Crippen LogP contribution in [0.4, 0.5) is 0 Å². The van der Waals surface area contributed by atoms with Crippen LogP contribution >= 0.6 is 0 Å². The third-order valence-corrected chi connectivity index (χ3v) is 4.36. The molecule has 0 bridgehead atoms. The van der Waals surface area contributed by atoms with Crippen molar-refractivity contribution in [2.45, 2.75) is 26.3 Å². The molecule has 0 saturated carbocycles. The summed E-state index contributed by atoms with van der Waals surface area (Å²) in [5.74, 6) is 2.26. The Morgan fingerprint density at radius 1 is 1.35 bits per heavy atom. The van der Waals surface area contributed by atoms with E-state index < -0.39 is 0 Å². The topological polar surface area (TPSA) is 63.4 Å². The summed E-state index contributed by atoms with van der Waals surface area (Å²) in [6.07, 6.45) is 0.615. The van der Waals surface area contributed by atoms with E-state index in [9.17, 15) is 0 Å². The van der Waals surface area contributed by atoms with E-state index in [1.54, 1.807) is 0 Å². The van der Waals surface area contributed by atoms with Gasteiger partial charge in [0, 0.05) is 19.6 Å². The van der Waals surface area contributed by atoms with Crippen LogP contribution in [0.25, 0.3) is 0 Å². The average molecular weight is 316 g/mol. The maximum atomic E-state index is 5.77. The molecule has 23 heavy (non-hydrogen) atoms. The van der Waals surface area contributed by atoms with E-state index in [1.165, 1.54) is 11.1 Å². The normalized spacial score (nSPS) is 19.0. The van der Waals surface area contributed by atoms with Crippen LogP contribution in [0.5, 0.6) is 5.75 Å². The summed E-state index contributed by atoms with van der Waals surface area (Å²) < 4.78 is 11.1. The lowest BCUT2D eigenvalue weighted by Gasteiger charge is -2.30. The van der Waals surface area contributed by atoms with Crippen molar-refractivity contribution in [2.24, 2.45) is 0 Å². The largest absolute Gasteiger partial charge is 0.493 e. The van der Waals surface area contributed by atoms with E-state index in [1.807, 2.05) is 6.07 Å². The lowest BCUT2D eigenvalue weighted by atomic mass is 10.1. The van der Waals surface area contributed by atoms with Crippen molar-refractivity contribution in [3.63, 3.8) is 0 Å². The monoisotopic (exact) mass is 316 g/mol. The van der Waals surface area contributed by atoms with Crippen molar-refractivity contribution in [3.8, 4) is 5.75 Å². The molecule has 6 heteroatoms. The highest BCUT2D eigenvalue weighted by molar-refractivity contribution is 5.33. The minimum Gasteiger partial charge on any atom is -0.493 e. The smallest absolute Gasteiger partial charge is 0.230 e. The molecule has 0 amide bonds. The van der Waals surface area contributed by atoms with Crippen LogP contribution in [0.2, 0.25) is 0 Å². The SMILES string of the molecule is Cc1ccc(OCCc2nc(C3CNCCN3C)no2)cc1C. The van der Waals surface area contributed by atoms with Gasteiger partial charge in [0.15, 0.2) is 5.82 Å². The van der Waals surface area contributed by atoms with Gasteiger partial charge in [-0.3, -0.25) is 4.90 Å². The van der Waals surface area contributed by atoms with E-state index in [-0.39, 0.29) is 6.04 Å². The van der Waals surface area contributed by atoms with Gasteiger partial charge in [0.05, 0.1) is 19.1 Å². The first-order valence-electron chi connectivity index (χ1n) is 8.07. The summed E-state index contributed by atoms with van der Waals surface area (Å²) in [6.45, 7) is 7.56. The van der Waals surface area contributed by atoms with E-state index >= 15 is 0 Å². The quantitative estimate of drug-likeness (QED) is 0.909. The van der Waals surface area contributed by atoms with Crippen LogP contribution < -0.4 is 10.1 Å². The fourth-order valence-corrected chi connectivity index (χ4v) is 2.66. The molecule has 1 aromatic heterocycles. The number of ether oxygens (including phenoxy) is 1. The Kier molecular flexibility index (Phi) is 4.93. The Bertz CT molecular complexity index is 656. The van der Waals surface area contributed by atoms with Gasteiger partial charge < -0.3 is 14.6 Å². The molecule has 124 valence electrons. The Labute approximate surface area is 136 Å². The highest BCUT2D eigenvalue weighted by atomic mass is 16.5. The number of benzene rings is 1. The van der Waals surface area contributed by atoms with Gasteiger partial charge in [0.25, 0.3) is 0 Å². The number of aromatic nitrogens is 2. The van der Waals surface area contributed by atoms with Crippen molar-refractivity contribution in [1.29, 1.82) is 0 Å². The Morgan fingerprint density at radius 3 is 3.00 bits per heavy atom. The van der Waals surface area contributed by atoms with Crippen LogP contribution in [-0.4, -0.2) is 48.3 Å². The van der Waals surface area contributed by atoms with Gasteiger partial charge in [-0.15, -0.1) is 0 Å². The minimum absolute atomic E-state index is 0.182. The molecule has 0 aliphatic carbocycles. The summed E-state index contributed by atoms with van der Waals surface area (Å²) in [5.41, 5.74) is 2.50. The van der Waals surface area contributed by atoms with Crippen LogP contribution in [-0.2, 0) is 6.42 Å². The third kappa shape index (κ3) is 3.89. The summed E-state index contributed by atoms with van der Waals surface area (Å²) >= 11 is 0. The zero-order valence-electron chi connectivity index (χ0n) is 14.0. The fourth-order valence-electron chi connectivity index (χ4n) is 2.66. The van der Waals surface area contributed by atoms with E-state index in [0.717, 1.165) is 31.2 Å². The summed E-state index contributed by atoms with van der Waals surface area (Å²) in [7, 11) is 2.09. The Morgan fingerprint density at radius 2 is 2.22 bits per heavy atom. The van der Waals surface area contributed by atoms with Crippen molar-refractivity contribution >= 4 is 0 Å². The number of hydrogen-bond donors (Lipinski definition) is 1.